The highest BCUT2D eigenvalue weighted by Gasteiger charge is 2.24. The largest absolute Gasteiger partial charge is 0.411 e. The first kappa shape index (κ1) is 9.69. The van der Waals surface area contributed by atoms with E-state index in [9.17, 15) is 4.39 Å². The molecule has 0 saturated heterocycles. The summed E-state index contributed by atoms with van der Waals surface area (Å²) in [6.07, 6.45) is 0. The summed E-state index contributed by atoms with van der Waals surface area (Å²) in [6, 6.07) is 0. The molecule has 0 bridgehead atoms. The van der Waals surface area contributed by atoms with Crippen molar-refractivity contribution in [1.82, 2.24) is 0 Å². The molecule has 0 fully saturated rings. The highest BCUT2D eigenvalue weighted by Crippen LogP contribution is 2.19. The minimum absolute atomic E-state index is 0.0856. The normalized spacial score (nSPS) is 13.8. The van der Waals surface area contributed by atoms with Gasteiger partial charge in [-0.25, -0.2) is 4.39 Å². The Morgan fingerprint density at radius 2 is 2.20 bits per heavy atom. The molecule has 0 rings (SSSR count). The summed E-state index contributed by atoms with van der Waals surface area (Å²) in [4.78, 5) is 0. The molecule has 0 aliphatic heterocycles. The summed E-state index contributed by atoms with van der Waals surface area (Å²) in [5.74, 6) is 0.246. The zero-order valence-electron chi connectivity index (χ0n) is 6.06. The zero-order chi connectivity index (χ0) is 8.20. The Labute approximate surface area is 64.7 Å². The molecule has 0 aromatic rings. The van der Waals surface area contributed by atoms with E-state index in [0.29, 0.717) is 0 Å². The third kappa shape index (κ3) is 2.14. The number of alkyl halides is 2. The molecule has 0 unspecified atom stereocenters. The number of hydrogen-bond donors (Lipinski definition) is 1. The van der Waals surface area contributed by atoms with Crippen molar-refractivity contribution in [2.45, 2.75) is 13.8 Å². The number of rotatable bonds is 3. The van der Waals surface area contributed by atoms with Gasteiger partial charge in [-0.2, -0.15) is 0 Å². The lowest BCUT2D eigenvalue weighted by Crippen LogP contribution is -2.27. The van der Waals surface area contributed by atoms with Crippen LogP contribution in [0.5, 0.6) is 0 Å². The van der Waals surface area contributed by atoms with E-state index < -0.39 is 12.1 Å². The molecule has 60 valence electrons. The van der Waals surface area contributed by atoms with Crippen molar-refractivity contribution < 1.29 is 9.60 Å². The van der Waals surface area contributed by atoms with Crippen LogP contribution < -0.4 is 0 Å². The van der Waals surface area contributed by atoms with Crippen molar-refractivity contribution in [3.8, 4) is 0 Å². The Kier molecular flexibility index (Phi) is 3.64. The van der Waals surface area contributed by atoms with Crippen LogP contribution in [-0.4, -0.2) is 23.5 Å². The summed E-state index contributed by atoms with van der Waals surface area (Å²) in [5.41, 5.74) is -0.465. The van der Waals surface area contributed by atoms with Crippen LogP contribution in [0.25, 0.3) is 0 Å². The third-order valence-corrected chi connectivity index (χ3v) is 2.03. The van der Waals surface area contributed by atoms with Crippen molar-refractivity contribution in [2.75, 3.05) is 12.6 Å². The first-order valence-electron chi connectivity index (χ1n) is 2.92. The summed E-state index contributed by atoms with van der Waals surface area (Å²) in [6.45, 7) is 2.68. The second-order valence-corrected chi connectivity index (χ2v) is 2.97. The minimum Gasteiger partial charge on any atom is -0.411 e. The molecule has 1 N–H and O–H groups in total. The van der Waals surface area contributed by atoms with Crippen molar-refractivity contribution in [1.29, 1.82) is 0 Å². The van der Waals surface area contributed by atoms with E-state index in [4.69, 9.17) is 16.8 Å². The quantitative estimate of drug-likeness (QED) is 0.297. The monoisotopic (exact) mass is 167 g/mol. The average molecular weight is 168 g/mol. The second-order valence-electron chi connectivity index (χ2n) is 2.70. The molecule has 0 spiro atoms. The average Bonchev–Trinajstić information content (AvgIpc) is 1.90. The molecule has 2 nitrogen and oxygen atoms in total. The Morgan fingerprint density at radius 1 is 1.70 bits per heavy atom. The smallest absolute Gasteiger partial charge is 0.131 e. The number of hydrogen-bond acceptors (Lipinski definition) is 2. The molecule has 4 heteroatoms. The van der Waals surface area contributed by atoms with Crippen LogP contribution >= 0.6 is 11.6 Å². The molecule has 0 radical (unpaired) electrons. The summed E-state index contributed by atoms with van der Waals surface area (Å²) >= 11 is 5.49. The lowest BCUT2D eigenvalue weighted by molar-refractivity contribution is 0.306. The molecule has 0 aromatic heterocycles. The lowest BCUT2D eigenvalue weighted by Gasteiger charge is -2.19. The Morgan fingerprint density at radius 3 is 2.30 bits per heavy atom. The van der Waals surface area contributed by atoms with E-state index in [1.165, 1.54) is 0 Å². The molecule has 0 aliphatic rings. The highest BCUT2D eigenvalue weighted by atomic mass is 35.5. The maximum Gasteiger partial charge on any atom is 0.131 e. The van der Waals surface area contributed by atoms with E-state index in [2.05, 4.69) is 5.16 Å². The topological polar surface area (TPSA) is 32.6 Å². The van der Waals surface area contributed by atoms with E-state index >= 15 is 0 Å². The highest BCUT2D eigenvalue weighted by molar-refractivity contribution is 6.20. The fraction of sp³-hybridized carbons (Fsp3) is 0.833. The van der Waals surface area contributed by atoms with Crippen LogP contribution in [0.4, 0.5) is 4.39 Å². The number of nitrogens with zero attached hydrogens (tertiary/aromatic N) is 1. The van der Waals surface area contributed by atoms with Crippen LogP contribution in [0, 0.1) is 5.41 Å². The molecule has 0 amide bonds. The van der Waals surface area contributed by atoms with Gasteiger partial charge in [-0.05, 0) is 0 Å². The zero-order valence-corrected chi connectivity index (χ0v) is 6.82. The Bertz CT molecular complexity index is 136. The van der Waals surface area contributed by atoms with Gasteiger partial charge in [-0.1, -0.05) is 19.0 Å². The van der Waals surface area contributed by atoms with Crippen LogP contribution in [0.15, 0.2) is 5.16 Å². The van der Waals surface area contributed by atoms with E-state index in [-0.39, 0.29) is 11.6 Å². The Balaban J connectivity index is 4.28. The summed E-state index contributed by atoms with van der Waals surface area (Å²) in [7, 11) is 0. The van der Waals surface area contributed by atoms with E-state index in [1.54, 1.807) is 13.8 Å². The van der Waals surface area contributed by atoms with E-state index in [0.717, 1.165) is 0 Å². The van der Waals surface area contributed by atoms with Crippen LogP contribution in [0.2, 0.25) is 0 Å². The van der Waals surface area contributed by atoms with Gasteiger partial charge >= 0.3 is 0 Å². The maximum atomic E-state index is 12.0. The molecule has 10 heavy (non-hydrogen) atoms. The third-order valence-electron chi connectivity index (χ3n) is 1.36. The van der Waals surface area contributed by atoms with Gasteiger partial charge in [0, 0.05) is 11.3 Å². The Hall–Kier alpha value is -0.310. The molecule has 0 atom stereocenters. The van der Waals surface area contributed by atoms with Crippen LogP contribution in [-0.2, 0) is 0 Å². The lowest BCUT2D eigenvalue weighted by atomic mass is 9.90. The van der Waals surface area contributed by atoms with Crippen molar-refractivity contribution in [3.63, 3.8) is 0 Å². The fourth-order valence-corrected chi connectivity index (χ4v) is 0.574. The van der Waals surface area contributed by atoms with Gasteiger partial charge in [0.05, 0.1) is 5.71 Å². The molecule has 0 heterocycles. The summed E-state index contributed by atoms with van der Waals surface area (Å²) in [5, 5.41) is 11.1. The standard InChI is InChI=1S/C6H11ClFNO/c1-6(2,4-7)5(3-8)9-10/h10H,3-4H2,1-2H3/b9-5-. The SMILES string of the molecule is CC(C)(CCl)/C(CF)=N\O. The maximum absolute atomic E-state index is 12.0. The first-order chi connectivity index (χ1) is 4.58. The number of halogens is 2. The number of oxime groups is 1. The van der Waals surface area contributed by atoms with Crippen molar-refractivity contribution in [2.24, 2.45) is 10.6 Å². The van der Waals surface area contributed by atoms with Gasteiger partial charge < -0.3 is 5.21 Å². The second kappa shape index (κ2) is 3.76. The molecular formula is C6H11ClFNO. The molecule has 0 aromatic carbocycles. The minimum atomic E-state index is -0.754. The van der Waals surface area contributed by atoms with Gasteiger partial charge in [0.2, 0.25) is 0 Å². The van der Waals surface area contributed by atoms with Crippen molar-refractivity contribution >= 4 is 17.3 Å². The van der Waals surface area contributed by atoms with Gasteiger partial charge in [0.25, 0.3) is 0 Å². The van der Waals surface area contributed by atoms with Gasteiger partial charge in [-0.3, -0.25) is 0 Å². The van der Waals surface area contributed by atoms with Gasteiger partial charge in [0.1, 0.15) is 6.67 Å². The van der Waals surface area contributed by atoms with Gasteiger partial charge in [-0.15, -0.1) is 11.6 Å². The predicted octanol–water partition coefficient (Wildman–Crippen LogP) is 2.05. The van der Waals surface area contributed by atoms with Crippen molar-refractivity contribution in [3.05, 3.63) is 0 Å². The molecular weight excluding hydrogens is 157 g/mol. The summed E-state index contributed by atoms with van der Waals surface area (Å²) < 4.78 is 12.0. The van der Waals surface area contributed by atoms with Crippen LogP contribution in [0.1, 0.15) is 13.8 Å². The van der Waals surface area contributed by atoms with E-state index in [1.807, 2.05) is 0 Å². The van der Waals surface area contributed by atoms with Gasteiger partial charge in [0.15, 0.2) is 0 Å². The predicted molar refractivity (Wildman–Crippen MR) is 39.7 cm³/mol. The first-order valence-corrected chi connectivity index (χ1v) is 3.45. The molecule has 0 saturated carbocycles. The van der Waals surface area contributed by atoms with Crippen LogP contribution in [0.3, 0.4) is 0 Å². The molecule has 0 aliphatic carbocycles. The fourth-order valence-electron chi connectivity index (χ4n) is 0.420.